The van der Waals surface area contributed by atoms with Crippen LogP contribution in [-0.2, 0) is 17.8 Å². The van der Waals surface area contributed by atoms with Gasteiger partial charge in [0.1, 0.15) is 0 Å². The first kappa shape index (κ1) is 25.3. The molecule has 1 atom stereocenters. The molecule has 2 heterocycles. The normalized spacial score (nSPS) is 21.8. The Labute approximate surface area is 210 Å². The number of carbonyl (C=O) groups excluding carboxylic acids is 1. The van der Waals surface area contributed by atoms with Gasteiger partial charge in [0.05, 0.1) is 0 Å². The number of amides is 1. The molecule has 0 spiro atoms. The van der Waals surface area contributed by atoms with Crippen molar-refractivity contribution < 1.29 is 4.79 Å². The van der Waals surface area contributed by atoms with Gasteiger partial charge in [-0.15, -0.1) is 24.0 Å². The summed E-state index contributed by atoms with van der Waals surface area (Å²) in [6, 6.07) is 9.12. The van der Waals surface area contributed by atoms with Crippen LogP contribution in [0.1, 0.15) is 56.6 Å². The van der Waals surface area contributed by atoms with Gasteiger partial charge in [0.15, 0.2) is 5.96 Å². The lowest BCUT2D eigenvalue weighted by molar-refractivity contribution is -0.134. The van der Waals surface area contributed by atoms with E-state index in [1.807, 2.05) is 0 Å². The van der Waals surface area contributed by atoms with Crippen molar-refractivity contribution in [1.29, 1.82) is 0 Å². The minimum absolute atomic E-state index is 0. The second kappa shape index (κ2) is 12.8. The summed E-state index contributed by atoms with van der Waals surface area (Å²) in [6.45, 7) is 8.77. The molecule has 4 rings (SSSR count). The van der Waals surface area contributed by atoms with E-state index in [-0.39, 0.29) is 29.9 Å². The number of benzene rings is 1. The zero-order chi connectivity index (χ0) is 21.5. The Hall–Kier alpha value is -1.35. The highest BCUT2D eigenvalue weighted by Gasteiger charge is 2.32. The number of nitrogens with zero attached hydrogens (tertiary/aromatic N) is 3. The van der Waals surface area contributed by atoms with E-state index in [0.29, 0.717) is 11.9 Å². The number of nitrogens with one attached hydrogen (secondary N) is 2. The topological polar surface area (TPSA) is 60.0 Å². The van der Waals surface area contributed by atoms with Crippen LogP contribution in [0.4, 0.5) is 0 Å². The van der Waals surface area contributed by atoms with E-state index in [1.54, 1.807) is 0 Å². The summed E-state index contributed by atoms with van der Waals surface area (Å²) in [7, 11) is 0. The van der Waals surface area contributed by atoms with E-state index >= 15 is 0 Å². The molecule has 6 nitrogen and oxygen atoms in total. The Morgan fingerprint density at radius 3 is 2.69 bits per heavy atom. The van der Waals surface area contributed by atoms with Crippen LogP contribution in [0, 0.1) is 5.92 Å². The van der Waals surface area contributed by atoms with Gasteiger partial charge in [0, 0.05) is 57.8 Å². The molecule has 0 aromatic heterocycles. The smallest absolute Gasteiger partial charge is 0.225 e. The third-order valence-electron chi connectivity index (χ3n) is 7.00. The Morgan fingerprint density at radius 1 is 1.12 bits per heavy atom. The average Bonchev–Trinajstić information content (AvgIpc) is 3.49. The van der Waals surface area contributed by atoms with E-state index in [2.05, 4.69) is 51.6 Å². The van der Waals surface area contributed by atoms with Crippen molar-refractivity contribution in [3.05, 3.63) is 35.4 Å². The van der Waals surface area contributed by atoms with E-state index in [1.165, 1.54) is 24.0 Å². The van der Waals surface area contributed by atoms with Gasteiger partial charge in [-0.1, -0.05) is 37.1 Å². The number of hydrogen-bond acceptors (Lipinski definition) is 3. The van der Waals surface area contributed by atoms with Gasteiger partial charge in [-0.25, -0.2) is 0 Å². The first-order chi connectivity index (χ1) is 15.2. The van der Waals surface area contributed by atoms with Crippen LogP contribution in [0.25, 0.3) is 0 Å². The van der Waals surface area contributed by atoms with Gasteiger partial charge in [-0.3, -0.25) is 14.7 Å². The standard InChI is InChI=1S/C25H39N5O.HI/c1-2-26-25(28-23-13-17-30(19-23)24(31)21-9-4-5-10-21)27-14-7-15-29-16-12-20-8-3-6-11-22(20)18-29;/h3,6,8,11,21,23H,2,4-5,7,9-10,12-19H2,1H3,(H2,26,27,28);1H. The summed E-state index contributed by atoms with van der Waals surface area (Å²) in [4.78, 5) is 22.1. The summed E-state index contributed by atoms with van der Waals surface area (Å²) in [5.74, 6) is 1.56. The van der Waals surface area contributed by atoms with Crippen LogP contribution in [0.15, 0.2) is 29.3 Å². The van der Waals surface area contributed by atoms with Gasteiger partial charge in [0.25, 0.3) is 0 Å². The summed E-state index contributed by atoms with van der Waals surface area (Å²) in [5, 5.41) is 6.96. The quantitative estimate of drug-likeness (QED) is 0.235. The van der Waals surface area contributed by atoms with Crippen molar-refractivity contribution in [2.24, 2.45) is 10.9 Å². The molecule has 1 aromatic rings. The van der Waals surface area contributed by atoms with Crippen LogP contribution >= 0.6 is 24.0 Å². The largest absolute Gasteiger partial charge is 0.357 e. The molecule has 7 heteroatoms. The molecule has 2 aliphatic heterocycles. The molecule has 1 saturated heterocycles. The lowest BCUT2D eigenvalue weighted by Gasteiger charge is -2.28. The second-order valence-electron chi connectivity index (χ2n) is 9.30. The lowest BCUT2D eigenvalue weighted by Crippen LogP contribution is -2.45. The predicted octanol–water partition coefficient (Wildman–Crippen LogP) is 3.40. The number of fused-ring (bicyclic) bond motifs is 1. The highest BCUT2D eigenvalue weighted by atomic mass is 127. The first-order valence-corrected chi connectivity index (χ1v) is 12.4. The SMILES string of the molecule is CCNC(=NCCCN1CCc2ccccc2C1)NC1CCN(C(=O)C2CCCC2)C1.I. The monoisotopic (exact) mass is 553 g/mol. The predicted molar refractivity (Wildman–Crippen MR) is 142 cm³/mol. The molecule has 0 radical (unpaired) electrons. The molecule has 2 fully saturated rings. The number of rotatable bonds is 7. The summed E-state index contributed by atoms with van der Waals surface area (Å²) in [6.07, 6.45) is 7.83. The van der Waals surface area contributed by atoms with E-state index in [9.17, 15) is 4.79 Å². The minimum Gasteiger partial charge on any atom is -0.357 e. The van der Waals surface area contributed by atoms with Crippen LogP contribution in [-0.4, -0.2) is 67.0 Å². The van der Waals surface area contributed by atoms with Crippen molar-refractivity contribution in [2.75, 3.05) is 39.3 Å². The maximum absolute atomic E-state index is 12.7. The van der Waals surface area contributed by atoms with Crippen molar-refractivity contribution >= 4 is 35.8 Å². The number of guanidine groups is 1. The lowest BCUT2D eigenvalue weighted by atomic mass is 10.00. The fourth-order valence-electron chi connectivity index (χ4n) is 5.25. The second-order valence-corrected chi connectivity index (χ2v) is 9.30. The van der Waals surface area contributed by atoms with Gasteiger partial charge in [-0.2, -0.15) is 0 Å². The third kappa shape index (κ3) is 6.83. The molecule has 178 valence electrons. The summed E-state index contributed by atoms with van der Waals surface area (Å²) >= 11 is 0. The van der Waals surface area contributed by atoms with Crippen LogP contribution in [0.5, 0.6) is 0 Å². The number of likely N-dealkylation sites (tertiary alicyclic amines) is 1. The fourth-order valence-corrected chi connectivity index (χ4v) is 5.25. The molecule has 0 bridgehead atoms. The van der Waals surface area contributed by atoms with Gasteiger partial charge in [0.2, 0.25) is 5.91 Å². The zero-order valence-corrected chi connectivity index (χ0v) is 21.9. The highest BCUT2D eigenvalue weighted by Crippen LogP contribution is 2.27. The Balaban J connectivity index is 0.00000289. The van der Waals surface area contributed by atoms with Crippen molar-refractivity contribution in [2.45, 2.75) is 64.5 Å². The van der Waals surface area contributed by atoms with Crippen LogP contribution in [0.2, 0.25) is 0 Å². The zero-order valence-electron chi connectivity index (χ0n) is 19.5. The van der Waals surface area contributed by atoms with Crippen LogP contribution < -0.4 is 10.6 Å². The number of halogens is 1. The molecular weight excluding hydrogens is 513 g/mol. The number of hydrogen-bond donors (Lipinski definition) is 2. The van der Waals surface area contributed by atoms with E-state index in [0.717, 1.165) is 83.9 Å². The molecule has 1 aromatic carbocycles. The van der Waals surface area contributed by atoms with E-state index in [4.69, 9.17) is 4.99 Å². The van der Waals surface area contributed by atoms with Crippen molar-refractivity contribution in [1.82, 2.24) is 20.4 Å². The molecular formula is C25H40IN5O. The highest BCUT2D eigenvalue weighted by molar-refractivity contribution is 14.0. The summed E-state index contributed by atoms with van der Waals surface area (Å²) < 4.78 is 0. The molecule has 1 aliphatic carbocycles. The Bertz CT molecular complexity index is 764. The van der Waals surface area contributed by atoms with Gasteiger partial charge < -0.3 is 15.5 Å². The number of carbonyl (C=O) groups is 1. The Kier molecular flexibility index (Phi) is 10.1. The molecule has 1 amide bonds. The molecule has 32 heavy (non-hydrogen) atoms. The van der Waals surface area contributed by atoms with Gasteiger partial charge in [-0.05, 0) is 50.2 Å². The molecule has 1 saturated carbocycles. The summed E-state index contributed by atoms with van der Waals surface area (Å²) in [5.41, 5.74) is 2.98. The molecule has 3 aliphatic rings. The number of aliphatic imine (C=N–C) groups is 1. The fraction of sp³-hybridized carbons (Fsp3) is 0.680. The van der Waals surface area contributed by atoms with Gasteiger partial charge >= 0.3 is 0 Å². The third-order valence-corrected chi connectivity index (χ3v) is 7.00. The first-order valence-electron chi connectivity index (χ1n) is 12.4. The molecule has 2 N–H and O–H groups in total. The van der Waals surface area contributed by atoms with Crippen LogP contribution in [0.3, 0.4) is 0 Å². The van der Waals surface area contributed by atoms with Crippen molar-refractivity contribution in [3.63, 3.8) is 0 Å². The average molecular weight is 554 g/mol. The Morgan fingerprint density at radius 2 is 1.91 bits per heavy atom. The molecule has 1 unspecified atom stereocenters. The minimum atomic E-state index is 0. The van der Waals surface area contributed by atoms with Crippen molar-refractivity contribution in [3.8, 4) is 0 Å². The maximum atomic E-state index is 12.7. The maximum Gasteiger partial charge on any atom is 0.225 e. The van der Waals surface area contributed by atoms with E-state index < -0.39 is 0 Å².